The van der Waals surface area contributed by atoms with Gasteiger partial charge in [0.1, 0.15) is 0 Å². The molecule has 0 N–H and O–H groups in total. The van der Waals surface area contributed by atoms with E-state index in [1.807, 2.05) is 11.3 Å². The summed E-state index contributed by atoms with van der Waals surface area (Å²) in [6, 6.07) is 73.1. The summed E-state index contributed by atoms with van der Waals surface area (Å²) in [5.74, 6) is 0. The van der Waals surface area contributed by atoms with Gasteiger partial charge in [0.15, 0.2) is 0 Å². The van der Waals surface area contributed by atoms with Gasteiger partial charge in [0.05, 0.1) is 33.3 Å². The fourth-order valence-electron chi connectivity index (χ4n) is 9.79. The maximum Gasteiger partial charge on any atom is 0.0794 e. The van der Waals surface area contributed by atoms with Gasteiger partial charge in [-0.15, -0.1) is 11.3 Å². The van der Waals surface area contributed by atoms with Gasteiger partial charge in [-0.2, -0.15) is 0 Å². The number of hydrogen-bond acceptors (Lipinski definition) is 2. The summed E-state index contributed by atoms with van der Waals surface area (Å²) in [5, 5.41) is 11.1. The number of rotatable bonds is 4. The fourth-order valence-corrected chi connectivity index (χ4v) is 10.9. The molecule has 59 heavy (non-hydrogen) atoms. The zero-order valence-corrected chi connectivity index (χ0v) is 32.6. The molecule has 0 amide bonds. The third kappa shape index (κ3) is 4.72. The second-order valence-corrected chi connectivity index (χ2v) is 16.5. The van der Waals surface area contributed by atoms with Crippen molar-refractivity contribution < 1.29 is 0 Å². The maximum absolute atomic E-state index is 5.70. The Morgan fingerprint density at radius 1 is 0.339 bits per heavy atom. The zero-order chi connectivity index (χ0) is 38.6. The summed E-state index contributed by atoms with van der Waals surface area (Å²) in [5.41, 5.74) is 12.2. The third-order valence-corrected chi connectivity index (χ3v) is 13.4. The van der Waals surface area contributed by atoms with Crippen LogP contribution < -0.4 is 0 Å². The van der Waals surface area contributed by atoms with E-state index in [0.717, 1.165) is 44.7 Å². The quantitative estimate of drug-likeness (QED) is 0.164. The first kappa shape index (κ1) is 32.5. The topological polar surface area (TPSA) is 22.8 Å². The molecule has 0 atom stereocenters. The van der Waals surface area contributed by atoms with Crippen LogP contribution in [-0.4, -0.2) is 14.1 Å². The van der Waals surface area contributed by atoms with Crippen molar-refractivity contribution in [2.75, 3.05) is 0 Å². The van der Waals surface area contributed by atoms with E-state index < -0.39 is 0 Å². The normalized spacial score (nSPS) is 12.1. The van der Waals surface area contributed by atoms with Crippen LogP contribution in [0.1, 0.15) is 0 Å². The standard InChI is InChI=1S/C55H33N3S/c1-2-15-34(16-3-1)54-45-29-30-51-53(43-21-8-13-28-50(43)59-51)52(45)44-23-14-22-38(55(44)56-54)35-31-36(57-46-24-9-4-17-39(46)40-18-5-10-25-47(40)57)33-37(32-35)58-48-26-11-6-19-41(48)42-20-7-12-27-49(42)58/h1-33H. The number of aromatic nitrogens is 3. The molecule has 4 heterocycles. The molecule has 4 aromatic heterocycles. The SMILES string of the molecule is c1ccc(-c2nc3c(-c4cc(-n5c6ccccc6c6ccccc65)cc(-n5c6ccccc6c6ccccc65)c4)cccc3c3c2ccc2sc4ccccc4c23)cc1. The molecule has 0 bridgehead atoms. The summed E-state index contributed by atoms with van der Waals surface area (Å²) in [4.78, 5) is 5.70. The monoisotopic (exact) mass is 767 g/mol. The molecule has 0 saturated heterocycles. The Balaban J connectivity index is 1.19. The molecule has 274 valence electrons. The Hall–Kier alpha value is -7.53. The number of benzene rings is 9. The maximum atomic E-state index is 5.70. The second kappa shape index (κ2) is 12.5. The molecule has 0 saturated carbocycles. The van der Waals surface area contributed by atoms with E-state index in [4.69, 9.17) is 4.98 Å². The Kier molecular flexibility index (Phi) is 6.89. The van der Waals surface area contributed by atoms with Crippen LogP contribution in [0.25, 0.3) is 119 Å². The number of nitrogens with zero attached hydrogens (tertiary/aromatic N) is 3. The average molecular weight is 768 g/mol. The fraction of sp³-hybridized carbons (Fsp3) is 0. The zero-order valence-electron chi connectivity index (χ0n) is 31.8. The molecule has 13 rings (SSSR count). The van der Waals surface area contributed by atoms with Gasteiger partial charge >= 0.3 is 0 Å². The van der Waals surface area contributed by atoms with Crippen molar-refractivity contribution in [1.29, 1.82) is 0 Å². The number of pyridine rings is 1. The number of fused-ring (bicyclic) bond motifs is 13. The Labute approximate surface area is 343 Å². The van der Waals surface area contributed by atoms with E-state index in [2.05, 4.69) is 209 Å². The molecule has 0 unspecified atom stereocenters. The Bertz CT molecular complexity index is 3610. The van der Waals surface area contributed by atoms with Crippen LogP contribution in [0.4, 0.5) is 0 Å². The van der Waals surface area contributed by atoms with Gasteiger partial charge < -0.3 is 9.13 Å². The molecule has 0 fully saturated rings. The van der Waals surface area contributed by atoms with Crippen LogP contribution in [0.15, 0.2) is 200 Å². The van der Waals surface area contributed by atoms with Gasteiger partial charge in [0.25, 0.3) is 0 Å². The van der Waals surface area contributed by atoms with Crippen molar-refractivity contribution in [2.45, 2.75) is 0 Å². The van der Waals surface area contributed by atoms with Crippen LogP contribution in [0.3, 0.4) is 0 Å². The summed E-state index contributed by atoms with van der Waals surface area (Å²) in [7, 11) is 0. The Morgan fingerprint density at radius 2 is 0.847 bits per heavy atom. The largest absolute Gasteiger partial charge is 0.309 e. The molecular formula is C55H33N3S. The van der Waals surface area contributed by atoms with Crippen molar-refractivity contribution in [3.63, 3.8) is 0 Å². The van der Waals surface area contributed by atoms with Gasteiger partial charge in [0, 0.05) is 80.4 Å². The lowest BCUT2D eigenvalue weighted by atomic mass is 9.93. The van der Waals surface area contributed by atoms with E-state index in [1.165, 1.54) is 74.6 Å². The minimum atomic E-state index is 0.995. The molecule has 0 spiro atoms. The van der Waals surface area contributed by atoms with E-state index >= 15 is 0 Å². The third-order valence-electron chi connectivity index (χ3n) is 12.3. The summed E-state index contributed by atoms with van der Waals surface area (Å²) in [6.07, 6.45) is 0. The number of para-hydroxylation sites is 5. The first-order valence-electron chi connectivity index (χ1n) is 20.1. The highest BCUT2D eigenvalue weighted by Gasteiger charge is 2.21. The van der Waals surface area contributed by atoms with Crippen molar-refractivity contribution in [3.8, 4) is 33.8 Å². The molecule has 9 aromatic carbocycles. The van der Waals surface area contributed by atoms with Gasteiger partial charge in [-0.3, -0.25) is 0 Å². The highest BCUT2D eigenvalue weighted by Crippen LogP contribution is 2.46. The molecule has 0 radical (unpaired) electrons. The predicted octanol–water partition coefficient (Wildman–Crippen LogP) is 15.3. The van der Waals surface area contributed by atoms with E-state index in [0.29, 0.717) is 0 Å². The molecule has 0 aliphatic carbocycles. The van der Waals surface area contributed by atoms with E-state index in [1.54, 1.807) is 0 Å². The molecule has 0 aliphatic heterocycles. The van der Waals surface area contributed by atoms with Crippen LogP contribution in [-0.2, 0) is 0 Å². The summed E-state index contributed by atoms with van der Waals surface area (Å²) in [6.45, 7) is 0. The molecule has 13 aromatic rings. The molecule has 0 aliphatic rings. The minimum absolute atomic E-state index is 0.995. The first-order chi connectivity index (χ1) is 29.3. The Morgan fingerprint density at radius 3 is 1.44 bits per heavy atom. The molecule has 4 heteroatoms. The van der Waals surface area contributed by atoms with Crippen molar-refractivity contribution in [1.82, 2.24) is 14.1 Å². The van der Waals surface area contributed by atoms with Crippen LogP contribution in [0.5, 0.6) is 0 Å². The van der Waals surface area contributed by atoms with Gasteiger partial charge in [0.2, 0.25) is 0 Å². The van der Waals surface area contributed by atoms with E-state index in [-0.39, 0.29) is 0 Å². The predicted molar refractivity (Wildman–Crippen MR) is 252 cm³/mol. The van der Waals surface area contributed by atoms with Gasteiger partial charge in [-0.1, -0.05) is 146 Å². The summed E-state index contributed by atoms with van der Waals surface area (Å²) < 4.78 is 7.47. The lowest BCUT2D eigenvalue weighted by Gasteiger charge is -2.18. The van der Waals surface area contributed by atoms with E-state index in [9.17, 15) is 0 Å². The van der Waals surface area contributed by atoms with Crippen molar-refractivity contribution >= 4 is 96.8 Å². The highest BCUT2D eigenvalue weighted by molar-refractivity contribution is 7.26. The molecular weight excluding hydrogens is 735 g/mol. The van der Waals surface area contributed by atoms with Crippen molar-refractivity contribution in [3.05, 3.63) is 200 Å². The van der Waals surface area contributed by atoms with Crippen LogP contribution in [0.2, 0.25) is 0 Å². The lowest BCUT2D eigenvalue weighted by Crippen LogP contribution is -2.00. The number of thiophene rings is 1. The van der Waals surface area contributed by atoms with Gasteiger partial charge in [-0.05, 0) is 60.2 Å². The van der Waals surface area contributed by atoms with Crippen LogP contribution >= 0.6 is 11.3 Å². The second-order valence-electron chi connectivity index (χ2n) is 15.5. The van der Waals surface area contributed by atoms with Crippen LogP contribution in [0, 0.1) is 0 Å². The minimum Gasteiger partial charge on any atom is -0.309 e. The lowest BCUT2D eigenvalue weighted by molar-refractivity contribution is 1.13. The smallest absolute Gasteiger partial charge is 0.0794 e. The highest BCUT2D eigenvalue weighted by atomic mass is 32.1. The summed E-state index contributed by atoms with van der Waals surface area (Å²) >= 11 is 1.87. The first-order valence-corrected chi connectivity index (χ1v) is 20.9. The number of hydrogen-bond donors (Lipinski definition) is 0. The average Bonchev–Trinajstić information content (AvgIpc) is 3.97. The van der Waals surface area contributed by atoms with Crippen molar-refractivity contribution in [2.24, 2.45) is 0 Å². The molecule has 3 nitrogen and oxygen atoms in total. The van der Waals surface area contributed by atoms with Gasteiger partial charge in [-0.25, -0.2) is 4.98 Å².